The fraction of sp³-hybridized carbons (Fsp3) is 0.455. The molecular weight excluding hydrogens is 190 g/mol. The summed E-state index contributed by atoms with van der Waals surface area (Å²) in [5, 5.41) is 0. The van der Waals surface area contributed by atoms with E-state index in [1.165, 1.54) is 0 Å². The molecule has 82 valence electrons. The van der Waals surface area contributed by atoms with E-state index in [0.717, 1.165) is 18.4 Å². The van der Waals surface area contributed by atoms with Crippen LogP contribution in [0.2, 0.25) is 0 Å². The highest BCUT2D eigenvalue weighted by molar-refractivity contribution is 5.86. The van der Waals surface area contributed by atoms with Crippen molar-refractivity contribution in [1.29, 1.82) is 0 Å². The Bertz CT molecular complexity index is 338. The molecule has 0 spiro atoms. The number of carbonyl (C=O) groups is 1. The summed E-state index contributed by atoms with van der Waals surface area (Å²) in [6, 6.07) is 3.19. The largest absolute Gasteiger partial charge is 0.383 e. The molecule has 1 rings (SSSR count). The topological polar surface area (TPSA) is 82.0 Å². The van der Waals surface area contributed by atoms with Crippen LogP contribution in [-0.4, -0.2) is 16.8 Å². The molecule has 15 heavy (non-hydrogen) atoms. The molecule has 0 bridgehead atoms. The van der Waals surface area contributed by atoms with Gasteiger partial charge in [-0.2, -0.15) is 0 Å². The molecule has 1 aromatic heterocycles. The minimum absolute atomic E-state index is 0.0246. The molecule has 1 unspecified atom stereocenters. The summed E-state index contributed by atoms with van der Waals surface area (Å²) in [6.07, 6.45) is 3.52. The number of hydrogen-bond donors (Lipinski definition) is 2. The lowest BCUT2D eigenvalue weighted by Crippen LogP contribution is -2.31. The molecule has 0 aliphatic rings. The number of pyridine rings is 1. The van der Waals surface area contributed by atoms with Crippen LogP contribution in [-0.2, 0) is 11.2 Å². The van der Waals surface area contributed by atoms with Crippen LogP contribution in [0, 0.1) is 0 Å². The van der Waals surface area contributed by atoms with E-state index in [9.17, 15) is 4.79 Å². The van der Waals surface area contributed by atoms with E-state index in [4.69, 9.17) is 11.5 Å². The first kappa shape index (κ1) is 11.7. The Morgan fingerprint density at radius 3 is 2.93 bits per heavy atom. The van der Waals surface area contributed by atoms with Gasteiger partial charge in [0.1, 0.15) is 5.82 Å². The van der Waals surface area contributed by atoms with Gasteiger partial charge in [0.15, 0.2) is 5.78 Å². The maximum atomic E-state index is 11.6. The number of carbonyl (C=O) groups excluding carboxylic acids is 1. The lowest BCUT2D eigenvalue weighted by atomic mass is 10.0. The third-order valence-electron chi connectivity index (χ3n) is 2.30. The number of ketones is 1. The van der Waals surface area contributed by atoms with Gasteiger partial charge >= 0.3 is 0 Å². The van der Waals surface area contributed by atoms with E-state index in [1.807, 2.05) is 6.92 Å². The molecule has 0 aromatic carbocycles. The Hall–Kier alpha value is -1.42. The molecule has 4 heteroatoms. The lowest BCUT2D eigenvalue weighted by Gasteiger charge is -2.09. The number of nitrogens with two attached hydrogens (primary N) is 2. The van der Waals surface area contributed by atoms with Crippen molar-refractivity contribution in [1.82, 2.24) is 4.98 Å². The van der Waals surface area contributed by atoms with Crippen molar-refractivity contribution in [3.8, 4) is 0 Å². The van der Waals surface area contributed by atoms with Gasteiger partial charge in [-0.25, -0.2) is 4.98 Å². The zero-order valence-electron chi connectivity index (χ0n) is 8.94. The number of rotatable bonds is 5. The van der Waals surface area contributed by atoms with Gasteiger partial charge in [0, 0.05) is 18.2 Å². The molecule has 0 saturated heterocycles. The molecule has 0 fully saturated rings. The fourth-order valence-electron chi connectivity index (χ4n) is 1.39. The number of hydrogen-bond acceptors (Lipinski definition) is 4. The molecule has 0 radical (unpaired) electrons. The van der Waals surface area contributed by atoms with Crippen molar-refractivity contribution in [2.24, 2.45) is 5.73 Å². The van der Waals surface area contributed by atoms with Gasteiger partial charge in [-0.15, -0.1) is 0 Å². The molecule has 0 aliphatic carbocycles. The van der Waals surface area contributed by atoms with Crippen molar-refractivity contribution in [2.75, 3.05) is 5.73 Å². The van der Waals surface area contributed by atoms with E-state index >= 15 is 0 Å². The highest BCUT2D eigenvalue weighted by Crippen LogP contribution is 2.09. The van der Waals surface area contributed by atoms with Crippen LogP contribution in [0.1, 0.15) is 25.3 Å². The first-order valence-electron chi connectivity index (χ1n) is 5.12. The van der Waals surface area contributed by atoms with Crippen molar-refractivity contribution in [3.63, 3.8) is 0 Å². The summed E-state index contributed by atoms with van der Waals surface area (Å²) in [5.74, 6) is 0.436. The van der Waals surface area contributed by atoms with E-state index < -0.39 is 0 Å². The fourth-order valence-corrected chi connectivity index (χ4v) is 1.39. The Labute approximate surface area is 89.7 Å². The van der Waals surface area contributed by atoms with Crippen LogP contribution >= 0.6 is 0 Å². The number of nitrogens with zero attached hydrogens (tertiary/aromatic N) is 1. The summed E-state index contributed by atoms with van der Waals surface area (Å²) < 4.78 is 0. The van der Waals surface area contributed by atoms with Crippen LogP contribution < -0.4 is 11.5 Å². The Balaban J connectivity index is 2.62. The molecular formula is C11H17N3O. The number of anilines is 1. The first-order valence-corrected chi connectivity index (χ1v) is 5.12. The van der Waals surface area contributed by atoms with Gasteiger partial charge in [0.25, 0.3) is 0 Å². The smallest absolute Gasteiger partial charge is 0.154 e. The minimum atomic E-state index is -0.380. The van der Waals surface area contributed by atoms with Gasteiger partial charge in [-0.1, -0.05) is 19.4 Å². The third kappa shape index (κ3) is 3.32. The third-order valence-corrected chi connectivity index (χ3v) is 2.30. The van der Waals surface area contributed by atoms with E-state index in [2.05, 4.69) is 4.98 Å². The molecule has 4 N–H and O–H groups in total. The summed E-state index contributed by atoms with van der Waals surface area (Å²) in [5.41, 5.74) is 12.1. The molecule has 1 heterocycles. The average molecular weight is 207 g/mol. The second-order valence-electron chi connectivity index (χ2n) is 3.59. The normalized spacial score (nSPS) is 12.4. The van der Waals surface area contributed by atoms with Crippen LogP contribution in [0.3, 0.4) is 0 Å². The Kier molecular flexibility index (Phi) is 4.24. The van der Waals surface area contributed by atoms with Crippen molar-refractivity contribution in [3.05, 3.63) is 23.9 Å². The van der Waals surface area contributed by atoms with Crippen molar-refractivity contribution in [2.45, 2.75) is 32.2 Å². The van der Waals surface area contributed by atoms with Gasteiger partial charge in [-0.05, 0) is 12.5 Å². The molecule has 0 aliphatic heterocycles. The summed E-state index contributed by atoms with van der Waals surface area (Å²) in [6.45, 7) is 2.01. The quantitative estimate of drug-likeness (QED) is 0.751. The van der Waals surface area contributed by atoms with E-state index in [1.54, 1.807) is 18.3 Å². The predicted molar refractivity (Wildman–Crippen MR) is 60.2 cm³/mol. The summed E-state index contributed by atoms with van der Waals surface area (Å²) >= 11 is 0. The van der Waals surface area contributed by atoms with Gasteiger partial charge in [0.05, 0.1) is 6.04 Å². The molecule has 0 amide bonds. The Morgan fingerprint density at radius 1 is 1.60 bits per heavy atom. The molecule has 4 nitrogen and oxygen atoms in total. The highest BCUT2D eigenvalue weighted by Gasteiger charge is 2.14. The number of aromatic nitrogens is 1. The number of Topliss-reactive ketones (excluding diaryl/α,β-unsaturated/α-hetero) is 1. The second kappa shape index (κ2) is 5.46. The highest BCUT2D eigenvalue weighted by atomic mass is 16.1. The SMILES string of the molecule is CCCC(N)C(=O)Cc1cccnc1N. The zero-order valence-corrected chi connectivity index (χ0v) is 8.94. The lowest BCUT2D eigenvalue weighted by molar-refractivity contribution is -0.119. The number of nitrogen functional groups attached to an aromatic ring is 1. The average Bonchev–Trinajstić information content (AvgIpc) is 2.21. The van der Waals surface area contributed by atoms with Gasteiger partial charge in [0.2, 0.25) is 0 Å². The van der Waals surface area contributed by atoms with Crippen LogP contribution in [0.25, 0.3) is 0 Å². The maximum Gasteiger partial charge on any atom is 0.154 e. The molecule has 0 saturated carbocycles. The van der Waals surface area contributed by atoms with Gasteiger partial charge in [-0.3, -0.25) is 4.79 Å². The summed E-state index contributed by atoms with van der Waals surface area (Å²) in [7, 11) is 0. The molecule has 1 aromatic rings. The van der Waals surface area contributed by atoms with Crippen molar-refractivity contribution >= 4 is 11.6 Å². The zero-order chi connectivity index (χ0) is 11.3. The molecule has 1 atom stereocenters. The standard InChI is InChI=1S/C11H17N3O/c1-2-4-9(12)10(15)7-8-5-3-6-14-11(8)13/h3,5-6,9H,2,4,7,12H2,1H3,(H2,13,14). The van der Waals surface area contributed by atoms with Gasteiger partial charge < -0.3 is 11.5 Å². The summed E-state index contributed by atoms with van der Waals surface area (Å²) in [4.78, 5) is 15.6. The maximum absolute atomic E-state index is 11.6. The first-order chi connectivity index (χ1) is 7.15. The Morgan fingerprint density at radius 2 is 2.33 bits per heavy atom. The van der Waals surface area contributed by atoms with E-state index in [-0.39, 0.29) is 18.2 Å². The minimum Gasteiger partial charge on any atom is -0.383 e. The predicted octanol–water partition coefficient (Wildman–Crippen LogP) is 0.903. The van der Waals surface area contributed by atoms with Crippen LogP contribution in [0.15, 0.2) is 18.3 Å². The van der Waals surface area contributed by atoms with Crippen molar-refractivity contribution < 1.29 is 4.79 Å². The van der Waals surface area contributed by atoms with E-state index in [0.29, 0.717) is 5.82 Å². The monoisotopic (exact) mass is 207 g/mol. The second-order valence-corrected chi connectivity index (χ2v) is 3.59. The van der Waals surface area contributed by atoms with Crippen LogP contribution in [0.5, 0.6) is 0 Å². The van der Waals surface area contributed by atoms with Crippen LogP contribution in [0.4, 0.5) is 5.82 Å².